The molecule has 3 aromatic rings. The van der Waals surface area contributed by atoms with Gasteiger partial charge in [0, 0.05) is 11.8 Å². The summed E-state index contributed by atoms with van der Waals surface area (Å²) in [5.41, 5.74) is 4.28. The molecule has 0 aliphatic heterocycles. The molecular formula is C14H10N4. The zero-order chi connectivity index (χ0) is 12.5. The SMILES string of the molecule is Cc1ccc(-c2ccnc3c(C#N)cnn23)cc1. The number of fused-ring (bicyclic) bond motifs is 1. The predicted molar refractivity (Wildman–Crippen MR) is 67.9 cm³/mol. The van der Waals surface area contributed by atoms with Crippen molar-refractivity contribution in [3.8, 4) is 17.3 Å². The second-order valence-electron chi connectivity index (χ2n) is 4.10. The minimum Gasteiger partial charge on any atom is -0.236 e. The molecule has 0 aliphatic rings. The largest absolute Gasteiger partial charge is 0.236 e. The second-order valence-corrected chi connectivity index (χ2v) is 4.10. The van der Waals surface area contributed by atoms with Gasteiger partial charge in [0.05, 0.1) is 11.9 Å². The van der Waals surface area contributed by atoms with Gasteiger partial charge in [-0.2, -0.15) is 10.4 Å². The first-order chi connectivity index (χ1) is 8.79. The Labute approximate surface area is 104 Å². The van der Waals surface area contributed by atoms with Crippen LogP contribution in [0.3, 0.4) is 0 Å². The van der Waals surface area contributed by atoms with Crippen LogP contribution in [0.5, 0.6) is 0 Å². The van der Waals surface area contributed by atoms with Gasteiger partial charge in [0.2, 0.25) is 0 Å². The maximum Gasteiger partial charge on any atom is 0.173 e. The molecule has 4 heteroatoms. The third kappa shape index (κ3) is 1.54. The fourth-order valence-electron chi connectivity index (χ4n) is 1.91. The molecule has 86 valence electrons. The maximum atomic E-state index is 8.98. The molecule has 0 N–H and O–H groups in total. The average molecular weight is 234 g/mol. The fourth-order valence-corrected chi connectivity index (χ4v) is 1.91. The van der Waals surface area contributed by atoms with Gasteiger partial charge < -0.3 is 0 Å². The summed E-state index contributed by atoms with van der Waals surface area (Å²) in [6.45, 7) is 2.05. The van der Waals surface area contributed by atoms with Crippen molar-refractivity contribution in [1.82, 2.24) is 14.6 Å². The predicted octanol–water partition coefficient (Wildman–Crippen LogP) is 2.58. The Balaban J connectivity index is 2.27. The van der Waals surface area contributed by atoms with Crippen LogP contribution in [0.1, 0.15) is 11.1 Å². The molecule has 0 atom stereocenters. The Morgan fingerprint density at radius 3 is 2.67 bits per heavy atom. The van der Waals surface area contributed by atoms with Crippen molar-refractivity contribution in [3.63, 3.8) is 0 Å². The van der Waals surface area contributed by atoms with E-state index < -0.39 is 0 Å². The fraction of sp³-hybridized carbons (Fsp3) is 0.0714. The molecule has 0 saturated heterocycles. The smallest absolute Gasteiger partial charge is 0.173 e. The lowest BCUT2D eigenvalue weighted by Gasteiger charge is -2.04. The van der Waals surface area contributed by atoms with Crippen LogP contribution < -0.4 is 0 Å². The van der Waals surface area contributed by atoms with Crippen molar-refractivity contribution in [2.75, 3.05) is 0 Å². The highest BCUT2D eigenvalue weighted by molar-refractivity contribution is 5.65. The molecule has 2 heterocycles. The zero-order valence-corrected chi connectivity index (χ0v) is 9.83. The van der Waals surface area contributed by atoms with Crippen molar-refractivity contribution in [1.29, 1.82) is 5.26 Å². The molecule has 0 fully saturated rings. The molecule has 2 aromatic heterocycles. The monoisotopic (exact) mass is 234 g/mol. The summed E-state index contributed by atoms with van der Waals surface area (Å²) in [6.07, 6.45) is 3.24. The van der Waals surface area contributed by atoms with Crippen LogP contribution in [-0.2, 0) is 0 Å². The molecule has 0 radical (unpaired) electrons. The Morgan fingerprint density at radius 1 is 1.17 bits per heavy atom. The lowest BCUT2D eigenvalue weighted by Crippen LogP contribution is -1.95. The zero-order valence-electron chi connectivity index (χ0n) is 9.83. The van der Waals surface area contributed by atoms with E-state index in [1.807, 2.05) is 25.1 Å². The lowest BCUT2D eigenvalue weighted by atomic mass is 10.1. The van der Waals surface area contributed by atoms with E-state index in [0.717, 1.165) is 11.3 Å². The highest BCUT2D eigenvalue weighted by atomic mass is 15.2. The molecule has 0 aliphatic carbocycles. The molecule has 0 spiro atoms. The van der Waals surface area contributed by atoms with E-state index in [-0.39, 0.29) is 0 Å². The minimum absolute atomic E-state index is 0.490. The van der Waals surface area contributed by atoms with E-state index in [4.69, 9.17) is 5.26 Å². The summed E-state index contributed by atoms with van der Waals surface area (Å²) in [5.74, 6) is 0. The van der Waals surface area contributed by atoms with Crippen LogP contribution in [-0.4, -0.2) is 14.6 Å². The number of nitriles is 1. The first-order valence-corrected chi connectivity index (χ1v) is 5.59. The maximum absolute atomic E-state index is 8.98. The van der Waals surface area contributed by atoms with Gasteiger partial charge in [-0.25, -0.2) is 9.50 Å². The van der Waals surface area contributed by atoms with Gasteiger partial charge in [-0.05, 0) is 13.0 Å². The third-order valence-corrected chi connectivity index (χ3v) is 2.87. The van der Waals surface area contributed by atoms with Crippen molar-refractivity contribution in [2.24, 2.45) is 0 Å². The first-order valence-electron chi connectivity index (χ1n) is 5.59. The summed E-state index contributed by atoms with van der Waals surface area (Å²) < 4.78 is 1.70. The number of hydrogen-bond donors (Lipinski definition) is 0. The van der Waals surface area contributed by atoms with Crippen molar-refractivity contribution in [3.05, 3.63) is 53.9 Å². The highest BCUT2D eigenvalue weighted by Crippen LogP contribution is 2.20. The second kappa shape index (κ2) is 3.97. The van der Waals surface area contributed by atoms with Crippen molar-refractivity contribution >= 4 is 5.65 Å². The van der Waals surface area contributed by atoms with E-state index in [0.29, 0.717) is 11.2 Å². The molecule has 0 amide bonds. The summed E-state index contributed by atoms with van der Waals surface area (Å²) in [6, 6.07) is 12.2. The number of benzene rings is 1. The Bertz CT molecular complexity index is 748. The van der Waals surface area contributed by atoms with Crippen molar-refractivity contribution < 1.29 is 0 Å². The molecule has 0 saturated carbocycles. The molecular weight excluding hydrogens is 224 g/mol. The van der Waals surface area contributed by atoms with Crippen LogP contribution in [0.25, 0.3) is 16.9 Å². The number of hydrogen-bond acceptors (Lipinski definition) is 3. The van der Waals surface area contributed by atoms with Crippen LogP contribution in [0.4, 0.5) is 0 Å². The Hall–Kier alpha value is -2.67. The molecule has 1 aromatic carbocycles. The van der Waals surface area contributed by atoms with Gasteiger partial charge in [0.25, 0.3) is 0 Å². The van der Waals surface area contributed by atoms with E-state index in [1.165, 1.54) is 5.56 Å². The minimum atomic E-state index is 0.490. The molecule has 0 bridgehead atoms. The van der Waals surface area contributed by atoms with E-state index in [9.17, 15) is 0 Å². The summed E-state index contributed by atoms with van der Waals surface area (Å²) in [7, 11) is 0. The van der Waals surface area contributed by atoms with E-state index in [1.54, 1.807) is 16.9 Å². The van der Waals surface area contributed by atoms with Gasteiger partial charge in [-0.1, -0.05) is 29.8 Å². The van der Waals surface area contributed by atoms with E-state index in [2.05, 4.69) is 28.3 Å². The van der Waals surface area contributed by atoms with Crippen LogP contribution in [0.15, 0.2) is 42.7 Å². The van der Waals surface area contributed by atoms with E-state index >= 15 is 0 Å². The van der Waals surface area contributed by atoms with Crippen LogP contribution in [0.2, 0.25) is 0 Å². The number of nitrogens with zero attached hydrogens (tertiary/aromatic N) is 4. The molecule has 3 rings (SSSR count). The Kier molecular flexibility index (Phi) is 2.31. The standard InChI is InChI=1S/C14H10N4/c1-10-2-4-11(5-3-10)13-6-7-16-14-12(8-15)9-17-18(13)14/h2-7,9H,1H3. The normalized spacial score (nSPS) is 10.4. The van der Waals surface area contributed by atoms with Crippen LogP contribution >= 0.6 is 0 Å². The summed E-state index contributed by atoms with van der Waals surface area (Å²) >= 11 is 0. The summed E-state index contributed by atoms with van der Waals surface area (Å²) in [5, 5.41) is 13.2. The van der Waals surface area contributed by atoms with Gasteiger partial charge in [-0.15, -0.1) is 0 Å². The molecule has 4 nitrogen and oxygen atoms in total. The topological polar surface area (TPSA) is 54.0 Å². The first kappa shape index (κ1) is 10.5. The van der Waals surface area contributed by atoms with Gasteiger partial charge >= 0.3 is 0 Å². The highest BCUT2D eigenvalue weighted by Gasteiger charge is 2.09. The van der Waals surface area contributed by atoms with Crippen LogP contribution in [0, 0.1) is 18.3 Å². The number of aryl methyl sites for hydroxylation is 1. The number of rotatable bonds is 1. The summed E-state index contributed by atoms with van der Waals surface area (Å²) in [4.78, 5) is 4.19. The average Bonchev–Trinajstić information content (AvgIpc) is 2.82. The molecule has 0 unspecified atom stereocenters. The van der Waals surface area contributed by atoms with Gasteiger partial charge in [0.15, 0.2) is 5.65 Å². The van der Waals surface area contributed by atoms with Crippen molar-refractivity contribution in [2.45, 2.75) is 6.92 Å². The quantitative estimate of drug-likeness (QED) is 0.650. The third-order valence-electron chi connectivity index (χ3n) is 2.87. The van der Waals surface area contributed by atoms with Gasteiger partial charge in [0.1, 0.15) is 11.6 Å². The lowest BCUT2D eigenvalue weighted by molar-refractivity contribution is 0.948. The number of aromatic nitrogens is 3. The van der Waals surface area contributed by atoms with Gasteiger partial charge in [-0.3, -0.25) is 0 Å². The Morgan fingerprint density at radius 2 is 1.94 bits per heavy atom. The molecule has 18 heavy (non-hydrogen) atoms.